The lowest BCUT2D eigenvalue weighted by atomic mass is 10.1. The van der Waals surface area contributed by atoms with Crippen molar-refractivity contribution >= 4 is 0 Å². The lowest BCUT2D eigenvalue weighted by Crippen LogP contribution is -2.27. The Balaban J connectivity index is 1.58. The molecule has 0 aliphatic heterocycles. The molecule has 2 aromatic heterocycles. The van der Waals surface area contributed by atoms with Crippen LogP contribution in [0.2, 0.25) is 0 Å². The third kappa shape index (κ3) is 6.48. The number of benzene rings is 1. The van der Waals surface area contributed by atoms with Crippen molar-refractivity contribution in [2.75, 3.05) is 26.9 Å². The second-order valence-corrected chi connectivity index (χ2v) is 6.67. The van der Waals surface area contributed by atoms with Crippen LogP contribution in [0.5, 0.6) is 5.75 Å². The van der Waals surface area contributed by atoms with E-state index in [0.29, 0.717) is 13.2 Å². The molecule has 0 saturated heterocycles. The molecule has 6 heteroatoms. The van der Waals surface area contributed by atoms with Crippen molar-refractivity contribution in [2.45, 2.75) is 26.1 Å². The zero-order valence-electron chi connectivity index (χ0n) is 16.4. The lowest BCUT2D eigenvalue weighted by Gasteiger charge is -2.23. The molecule has 0 bridgehead atoms. The number of hydrogen-bond donors (Lipinski definition) is 0. The largest absolute Gasteiger partial charge is 0.493 e. The highest BCUT2D eigenvalue weighted by Crippen LogP contribution is 2.21. The molecular weight excluding hydrogens is 352 g/mol. The molecule has 0 amide bonds. The zero-order chi connectivity index (χ0) is 19.4. The number of aryl methyl sites for hydroxylation is 1. The Kier molecular flexibility index (Phi) is 8.03. The Morgan fingerprint density at radius 1 is 1.00 bits per heavy atom. The van der Waals surface area contributed by atoms with Gasteiger partial charge in [0.25, 0.3) is 0 Å². The second-order valence-electron chi connectivity index (χ2n) is 6.67. The molecule has 0 N–H and O–H groups in total. The lowest BCUT2D eigenvalue weighted by molar-refractivity contribution is 0.139. The van der Waals surface area contributed by atoms with E-state index < -0.39 is 0 Å². The van der Waals surface area contributed by atoms with Gasteiger partial charge in [0.05, 0.1) is 19.5 Å². The first-order chi connectivity index (χ1) is 13.8. The quantitative estimate of drug-likeness (QED) is 0.451. The number of imidazole rings is 1. The average Bonchev–Trinajstić information content (AvgIpc) is 3.25. The molecule has 0 atom stereocenters. The van der Waals surface area contributed by atoms with Gasteiger partial charge in [-0.1, -0.05) is 24.3 Å². The number of pyridine rings is 1. The first kappa shape index (κ1) is 20.0. The molecule has 28 heavy (non-hydrogen) atoms. The first-order valence-corrected chi connectivity index (χ1v) is 9.62. The SMILES string of the molecule is COCCN(Cc1cccnc1)Cc1ccccc1OCCCn1ccnc1. The summed E-state index contributed by atoms with van der Waals surface area (Å²) in [5, 5.41) is 0. The highest BCUT2D eigenvalue weighted by Gasteiger charge is 2.11. The van der Waals surface area contributed by atoms with E-state index in [1.54, 1.807) is 19.5 Å². The Bertz CT molecular complexity index is 793. The van der Waals surface area contributed by atoms with E-state index in [9.17, 15) is 0 Å². The number of hydrogen-bond acceptors (Lipinski definition) is 5. The average molecular weight is 380 g/mol. The summed E-state index contributed by atoms with van der Waals surface area (Å²) in [6, 6.07) is 12.3. The third-order valence-corrected chi connectivity index (χ3v) is 4.48. The fraction of sp³-hybridized carbons (Fsp3) is 0.364. The van der Waals surface area contributed by atoms with Crippen molar-refractivity contribution in [3.63, 3.8) is 0 Å². The van der Waals surface area contributed by atoms with E-state index in [1.165, 1.54) is 11.1 Å². The molecule has 0 unspecified atom stereocenters. The number of aromatic nitrogens is 3. The highest BCUT2D eigenvalue weighted by molar-refractivity contribution is 5.33. The van der Waals surface area contributed by atoms with Crippen LogP contribution in [0.1, 0.15) is 17.5 Å². The summed E-state index contributed by atoms with van der Waals surface area (Å²) in [6.45, 7) is 4.75. The van der Waals surface area contributed by atoms with Gasteiger partial charge in [-0.3, -0.25) is 9.88 Å². The van der Waals surface area contributed by atoms with Gasteiger partial charge in [-0.2, -0.15) is 0 Å². The van der Waals surface area contributed by atoms with Gasteiger partial charge in [0, 0.05) is 63.6 Å². The molecule has 6 nitrogen and oxygen atoms in total. The van der Waals surface area contributed by atoms with Gasteiger partial charge in [-0.25, -0.2) is 4.98 Å². The van der Waals surface area contributed by atoms with Crippen LogP contribution in [-0.4, -0.2) is 46.3 Å². The second kappa shape index (κ2) is 11.2. The van der Waals surface area contributed by atoms with E-state index in [-0.39, 0.29) is 0 Å². The minimum Gasteiger partial charge on any atom is -0.493 e. The minimum absolute atomic E-state index is 0.676. The van der Waals surface area contributed by atoms with E-state index in [1.807, 2.05) is 36.9 Å². The minimum atomic E-state index is 0.676. The maximum absolute atomic E-state index is 6.09. The summed E-state index contributed by atoms with van der Waals surface area (Å²) in [5.41, 5.74) is 2.38. The van der Waals surface area contributed by atoms with Gasteiger partial charge in [0.1, 0.15) is 5.75 Å². The van der Waals surface area contributed by atoms with Crippen molar-refractivity contribution in [1.29, 1.82) is 0 Å². The van der Waals surface area contributed by atoms with Crippen LogP contribution >= 0.6 is 0 Å². The molecule has 0 aliphatic carbocycles. The van der Waals surface area contributed by atoms with Crippen LogP contribution in [0.25, 0.3) is 0 Å². The Labute approximate surface area is 166 Å². The number of ether oxygens (including phenoxy) is 2. The molecule has 2 heterocycles. The van der Waals surface area contributed by atoms with Crippen molar-refractivity contribution in [1.82, 2.24) is 19.4 Å². The summed E-state index contributed by atoms with van der Waals surface area (Å²) >= 11 is 0. The van der Waals surface area contributed by atoms with Gasteiger partial charge < -0.3 is 14.0 Å². The standard InChI is InChI=1S/C22H28N4O2/c1-27-15-13-26(17-20-6-4-9-23-16-20)18-21-7-2-3-8-22(21)28-14-5-11-25-12-10-24-19-25/h2-4,6-10,12,16,19H,5,11,13-15,17-18H2,1H3. The fourth-order valence-corrected chi connectivity index (χ4v) is 3.05. The first-order valence-electron chi connectivity index (χ1n) is 9.62. The Hall–Kier alpha value is -2.70. The predicted molar refractivity (Wildman–Crippen MR) is 109 cm³/mol. The molecule has 0 radical (unpaired) electrons. The molecule has 3 aromatic rings. The fourth-order valence-electron chi connectivity index (χ4n) is 3.05. The summed E-state index contributed by atoms with van der Waals surface area (Å²) in [7, 11) is 1.74. The van der Waals surface area contributed by atoms with Crippen molar-refractivity contribution < 1.29 is 9.47 Å². The summed E-state index contributed by atoms with van der Waals surface area (Å²) in [5.74, 6) is 0.946. The third-order valence-electron chi connectivity index (χ3n) is 4.48. The molecule has 0 spiro atoms. The van der Waals surface area contributed by atoms with Gasteiger partial charge in [-0.15, -0.1) is 0 Å². The number of para-hydroxylation sites is 1. The van der Waals surface area contributed by atoms with Crippen molar-refractivity contribution in [3.8, 4) is 5.75 Å². The van der Waals surface area contributed by atoms with Crippen LogP contribution < -0.4 is 4.74 Å². The molecule has 0 aliphatic rings. The van der Waals surface area contributed by atoms with Crippen LogP contribution in [0.3, 0.4) is 0 Å². The molecule has 0 saturated carbocycles. The van der Waals surface area contributed by atoms with Crippen molar-refractivity contribution in [3.05, 3.63) is 78.6 Å². The molecular formula is C22H28N4O2. The van der Waals surface area contributed by atoms with E-state index in [2.05, 4.69) is 37.6 Å². The van der Waals surface area contributed by atoms with E-state index in [0.717, 1.165) is 38.3 Å². The smallest absolute Gasteiger partial charge is 0.123 e. The summed E-state index contributed by atoms with van der Waals surface area (Å²) in [4.78, 5) is 10.6. The number of methoxy groups -OCH3 is 1. The highest BCUT2D eigenvalue weighted by atomic mass is 16.5. The van der Waals surface area contributed by atoms with Crippen LogP contribution in [0.15, 0.2) is 67.5 Å². The number of nitrogens with zero attached hydrogens (tertiary/aromatic N) is 4. The van der Waals surface area contributed by atoms with Crippen LogP contribution in [0, 0.1) is 0 Å². The maximum Gasteiger partial charge on any atom is 0.123 e. The summed E-state index contributed by atoms with van der Waals surface area (Å²) < 4.78 is 13.4. The molecule has 0 fully saturated rings. The number of rotatable bonds is 12. The molecule has 1 aromatic carbocycles. The Morgan fingerprint density at radius 2 is 1.93 bits per heavy atom. The van der Waals surface area contributed by atoms with Crippen molar-refractivity contribution in [2.24, 2.45) is 0 Å². The van der Waals surface area contributed by atoms with Crippen LogP contribution in [0.4, 0.5) is 0 Å². The topological polar surface area (TPSA) is 52.4 Å². The predicted octanol–water partition coefficient (Wildman–Crippen LogP) is 3.40. The van der Waals surface area contributed by atoms with Gasteiger partial charge >= 0.3 is 0 Å². The molecule has 148 valence electrons. The molecule has 3 rings (SSSR count). The van der Waals surface area contributed by atoms with E-state index in [4.69, 9.17) is 9.47 Å². The monoisotopic (exact) mass is 380 g/mol. The van der Waals surface area contributed by atoms with Gasteiger partial charge in [0.2, 0.25) is 0 Å². The maximum atomic E-state index is 6.09. The van der Waals surface area contributed by atoms with Gasteiger partial charge in [-0.05, 0) is 24.1 Å². The van der Waals surface area contributed by atoms with Gasteiger partial charge in [0.15, 0.2) is 0 Å². The summed E-state index contributed by atoms with van der Waals surface area (Å²) in [6.07, 6.45) is 10.3. The van der Waals surface area contributed by atoms with Crippen LogP contribution in [-0.2, 0) is 24.4 Å². The zero-order valence-corrected chi connectivity index (χ0v) is 16.4. The Morgan fingerprint density at radius 3 is 2.71 bits per heavy atom. The normalized spacial score (nSPS) is 11.1. The van der Waals surface area contributed by atoms with E-state index >= 15 is 0 Å².